The molecule has 0 heterocycles. The minimum atomic E-state index is 0.667. The van der Waals surface area contributed by atoms with Gasteiger partial charge < -0.3 is 4.74 Å². The highest BCUT2D eigenvalue weighted by molar-refractivity contribution is 8.07. The Morgan fingerprint density at radius 2 is 1.12 bits per heavy atom. The summed E-state index contributed by atoms with van der Waals surface area (Å²) in [4.78, 5) is 0. The summed E-state index contributed by atoms with van der Waals surface area (Å²) in [6.45, 7) is 0. The standard InChI is InChI=1S/C12H14OP4/c14-16-11-7-3-1-5-9(11)13-10-6-2-4-8-12(10)17-15/h1-8,16-17H,14-15H2. The van der Waals surface area contributed by atoms with Gasteiger partial charge in [0.05, 0.1) is 0 Å². The molecule has 1 nitrogen and oxygen atoms in total. The van der Waals surface area contributed by atoms with Crippen molar-refractivity contribution in [1.29, 1.82) is 0 Å². The molecule has 0 N–H and O–H groups in total. The van der Waals surface area contributed by atoms with E-state index in [1.54, 1.807) is 0 Å². The van der Waals surface area contributed by atoms with Crippen molar-refractivity contribution in [2.45, 2.75) is 0 Å². The molecule has 2 aromatic rings. The Kier molecular flexibility index (Phi) is 5.34. The van der Waals surface area contributed by atoms with Crippen LogP contribution in [0.15, 0.2) is 48.5 Å². The maximum atomic E-state index is 6.01. The minimum Gasteiger partial charge on any atom is -0.456 e. The molecule has 0 radical (unpaired) electrons. The third kappa shape index (κ3) is 3.47. The van der Waals surface area contributed by atoms with Crippen LogP contribution in [-0.2, 0) is 0 Å². The Hall–Kier alpha value is -0.0400. The van der Waals surface area contributed by atoms with E-state index < -0.39 is 0 Å². The van der Waals surface area contributed by atoms with E-state index >= 15 is 0 Å². The first kappa shape index (κ1) is 13.4. The molecule has 0 aliphatic carbocycles. The normalized spacial score (nSPS) is 11.6. The van der Waals surface area contributed by atoms with Gasteiger partial charge in [-0.1, -0.05) is 52.9 Å². The van der Waals surface area contributed by atoms with Gasteiger partial charge >= 0.3 is 0 Å². The Balaban J connectivity index is 2.31. The van der Waals surface area contributed by atoms with Crippen molar-refractivity contribution in [2.75, 3.05) is 0 Å². The number of benzene rings is 2. The molecule has 0 amide bonds. The summed E-state index contributed by atoms with van der Waals surface area (Å²) >= 11 is 0. The van der Waals surface area contributed by atoms with Crippen molar-refractivity contribution < 1.29 is 4.74 Å². The first-order chi connectivity index (χ1) is 8.35. The van der Waals surface area contributed by atoms with Gasteiger partial charge in [-0.2, -0.15) is 0 Å². The molecule has 4 atom stereocenters. The van der Waals surface area contributed by atoms with Crippen LogP contribution in [0.3, 0.4) is 0 Å². The summed E-state index contributed by atoms with van der Waals surface area (Å²) in [6.07, 6.45) is 0. The van der Waals surface area contributed by atoms with E-state index in [0.29, 0.717) is 16.5 Å². The van der Waals surface area contributed by atoms with Gasteiger partial charge in [0, 0.05) is 10.6 Å². The van der Waals surface area contributed by atoms with Gasteiger partial charge in [-0.15, -0.1) is 17.9 Å². The van der Waals surface area contributed by atoms with E-state index in [0.717, 1.165) is 11.5 Å². The highest BCUT2D eigenvalue weighted by Gasteiger charge is 2.05. The second-order valence-corrected chi connectivity index (χ2v) is 6.77. The van der Waals surface area contributed by atoms with E-state index in [9.17, 15) is 0 Å². The quantitative estimate of drug-likeness (QED) is 0.783. The van der Waals surface area contributed by atoms with E-state index in [2.05, 4.69) is 30.0 Å². The molecule has 0 aromatic heterocycles. The zero-order valence-corrected chi connectivity index (χ0v) is 13.5. The highest BCUT2D eigenvalue weighted by Crippen LogP contribution is 2.31. The lowest BCUT2D eigenvalue weighted by Gasteiger charge is -2.12. The molecule has 88 valence electrons. The summed E-state index contributed by atoms with van der Waals surface area (Å²) in [5.74, 6) is 1.91. The van der Waals surface area contributed by atoms with Crippen molar-refractivity contribution in [3.8, 4) is 11.5 Å². The molecule has 0 saturated carbocycles. The van der Waals surface area contributed by atoms with Crippen LogP contribution in [0, 0.1) is 0 Å². The second kappa shape index (κ2) is 6.78. The lowest BCUT2D eigenvalue weighted by molar-refractivity contribution is 0.491. The van der Waals surface area contributed by atoms with Gasteiger partial charge in [0.1, 0.15) is 11.5 Å². The molecule has 0 saturated heterocycles. The number of ether oxygens (including phenoxy) is 1. The summed E-state index contributed by atoms with van der Waals surface area (Å²) in [5, 5.41) is 2.47. The van der Waals surface area contributed by atoms with Crippen molar-refractivity contribution in [1.82, 2.24) is 0 Å². The monoisotopic (exact) mass is 298 g/mol. The third-order valence-electron chi connectivity index (χ3n) is 2.31. The van der Waals surface area contributed by atoms with Crippen LogP contribution in [0.5, 0.6) is 11.5 Å². The first-order valence-electron chi connectivity index (χ1n) is 5.14. The highest BCUT2D eigenvalue weighted by atomic mass is 32.0. The van der Waals surface area contributed by atoms with Crippen molar-refractivity contribution in [2.24, 2.45) is 0 Å². The molecule has 17 heavy (non-hydrogen) atoms. The van der Waals surface area contributed by atoms with Gasteiger partial charge in [-0.25, -0.2) is 0 Å². The molecule has 0 spiro atoms. The molecule has 4 unspecified atom stereocenters. The van der Waals surface area contributed by atoms with E-state index in [1.807, 2.05) is 36.4 Å². The smallest absolute Gasteiger partial charge is 0.135 e. The Labute approximate surface area is 110 Å². The molecule has 2 aromatic carbocycles. The number of para-hydroxylation sites is 2. The van der Waals surface area contributed by atoms with Gasteiger partial charge in [0.2, 0.25) is 0 Å². The van der Waals surface area contributed by atoms with E-state index in [-0.39, 0.29) is 0 Å². The van der Waals surface area contributed by atoms with Gasteiger partial charge in [-0.05, 0) is 12.1 Å². The summed E-state index contributed by atoms with van der Waals surface area (Å²) in [5.41, 5.74) is 0. The van der Waals surface area contributed by atoms with Gasteiger partial charge in [0.25, 0.3) is 0 Å². The summed E-state index contributed by atoms with van der Waals surface area (Å²) < 4.78 is 6.01. The molecule has 5 heteroatoms. The topological polar surface area (TPSA) is 9.23 Å². The van der Waals surface area contributed by atoms with E-state index in [1.165, 1.54) is 10.6 Å². The van der Waals surface area contributed by atoms with E-state index in [4.69, 9.17) is 4.74 Å². The predicted molar refractivity (Wildman–Crippen MR) is 88.3 cm³/mol. The minimum absolute atomic E-state index is 0.667. The van der Waals surface area contributed by atoms with Crippen LogP contribution in [0.25, 0.3) is 0 Å². The zero-order chi connectivity index (χ0) is 12.1. The fourth-order valence-corrected chi connectivity index (χ4v) is 3.84. The lowest BCUT2D eigenvalue weighted by Crippen LogP contribution is -2.03. The van der Waals surface area contributed by atoms with Crippen LogP contribution in [0.1, 0.15) is 0 Å². The zero-order valence-electron chi connectivity index (χ0n) is 9.18. The molecule has 2 rings (SSSR count). The van der Waals surface area contributed by atoms with Crippen molar-refractivity contribution in [3.05, 3.63) is 48.5 Å². The molecular formula is C12H14OP4. The Morgan fingerprint density at radius 1 is 0.706 bits per heavy atom. The van der Waals surface area contributed by atoms with Crippen LogP contribution >= 0.6 is 34.4 Å². The SMILES string of the molecule is PPc1ccccc1Oc1ccccc1PP. The number of rotatable bonds is 4. The second-order valence-electron chi connectivity index (χ2n) is 3.38. The Bertz CT molecular complexity index is 456. The lowest BCUT2D eigenvalue weighted by atomic mass is 10.3. The van der Waals surface area contributed by atoms with Crippen LogP contribution in [0.2, 0.25) is 0 Å². The first-order valence-corrected chi connectivity index (χ1v) is 10.8. The van der Waals surface area contributed by atoms with Crippen molar-refractivity contribution >= 4 is 45.0 Å². The average Bonchev–Trinajstić information content (AvgIpc) is 2.40. The van der Waals surface area contributed by atoms with Gasteiger partial charge in [-0.3, -0.25) is 0 Å². The summed E-state index contributed by atoms with van der Waals surface area (Å²) in [7, 11) is 6.86. The predicted octanol–water partition coefficient (Wildman–Crippen LogP) is 3.67. The fraction of sp³-hybridized carbons (Fsp3) is 0. The maximum absolute atomic E-state index is 6.01. The average molecular weight is 298 g/mol. The molecular weight excluding hydrogens is 284 g/mol. The fourth-order valence-electron chi connectivity index (χ4n) is 1.47. The number of hydrogen-bond donors (Lipinski definition) is 0. The van der Waals surface area contributed by atoms with Gasteiger partial charge in [0.15, 0.2) is 0 Å². The largest absolute Gasteiger partial charge is 0.456 e. The molecule has 0 aliphatic heterocycles. The van der Waals surface area contributed by atoms with Crippen molar-refractivity contribution in [3.63, 3.8) is 0 Å². The molecule has 0 bridgehead atoms. The number of hydrogen-bond acceptors (Lipinski definition) is 1. The van der Waals surface area contributed by atoms with Crippen LogP contribution in [-0.4, -0.2) is 0 Å². The third-order valence-corrected chi connectivity index (χ3v) is 5.62. The maximum Gasteiger partial charge on any atom is 0.135 e. The molecule has 0 fully saturated rings. The van der Waals surface area contributed by atoms with Crippen LogP contribution < -0.4 is 15.3 Å². The van der Waals surface area contributed by atoms with Crippen LogP contribution in [0.4, 0.5) is 0 Å². The molecule has 0 aliphatic rings. The Morgan fingerprint density at radius 3 is 1.53 bits per heavy atom. The summed E-state index contributed by atoms with van der Waals surface area (Å²) in [6, 6.07) is 16.4.